The Balaban J connectivity index is 1.66. The monoisotopic (exact) mass is 302 g/mol. The van der Waals surface area contributed by atoms with Crippen LogP contribution in [0.3, 0.4) is 0 Å². The maximum absolute atomic E-state index is 12.1. The van der Waals surface area contributed by atoms with Crippen molar-refractivity contribution in [2.24, 2.45) is 0 Å². The number of amides is 2. The highest BCUT2D eigenvalue weighted by atomic mass is 16.6. The molecule has 6 nitrogen and oxygen atoms in total. The average molecular weight is 302 g/mol. The molecule has 2 heterocycles. The summed E-state index contributed by atoms with van der Waals surface area (Å²) in [7, 11) is 0. The second-order valence-electron chi connectivity index (χ2n) is 5.71. The van der Waals surface area contributed by atoms with Crippen LogP contribution in [-0.2, 0) is 9.47 Å². The number of ether oxygens (including phenoxy) is 2. The van der Waals surface area contributed by atoms with Gasteiger partial charge in [0.15, 0.2) is 0 Å². The molecule has 2 amide bonds. The highest BCUT2D eigenvalue weighted by molar-refractivity contribution is 5.79. The van der Waals surface area contributed by atoms with Gasteiger partial charge in [0.2, 0.25) is 0 Å². The van der Waals surface area contributed by atoms with Gasteiger partial charge in [-0.1, -0.05) is 24.3 Å². The van der Waals surface area contributed by atoms with Crippen molar-refractivity contribution in [3.63, 3.8) is 0 Å². The normalized spacial score (nSPS) is 29.9. The molecule has 0 bridgehead atoms. The molecule has 0 spiro atoms. The number of rotatable bonds is 2. The van der Waals surface area contributed by atoms with Gasteiger partial charge in [-0.05, 0) is 25.0 Å². The number of hydrogen-bond donors (Lipinski definition) is 0. The summed E-state index contributed by atoms with van der Waals surface area (Å²) in [5.74, 6) is 0. The predicted molar refractivity (Wildman–Crippen MR) is 77.2 cm³/mol. The van der Waals surface area contributed by atoms with E-state index in [2.05, 4.69) is 0 Å². The van der Waals surface area contributed by atoms with Crippen molar-refractivity contribution >= 4 is 12.2 Å². The summed E-state index contributed by atoms with van der Waals surface area (Å²) >= 11 is 0. The van der Waals surface area contributed by atoms with E-state index >= 15 is 0 Å². The molecule has 4 atom stereocenters. The molecule has 1 aliphatic carbocycles. The molecule has 1 aromatic carbocycles. The first-order valence-electron chi connectivity index (χ1n) is 7.69. The Morgan fingerprint density at radius 2 is 1.32 bits per heavy atom. The Kier molecular flexibility index (Phi) is 2.82. The van der Waals surface area contributed by atoms with Crippen molar-refractivity contribution in [2.75, 3.05) is 13.2 Å². The molecule has 4 rings (SSSR count). The molecular formula is C16H18N2O4. The summed E-state index contributed by atoms with van der Waals surface area (Å²) in [6.45, 7) is 4.30. The molecule has 0 unspecified atom stereocenters. The van der Waals surface area contributed by atoms with E-state index < -0.39 is 0 Å². The minimum atomic E-state index is -0.302. The molecule has 0 saturated carbocycles. The lowest BCUT2D eigenvalue weighted by Gasteiger charge is -2.10. The second kappa shape index (κ2) is 4.63. The largest absolute Gasteiger partial charge is 0.450 e. The molecule has 0 radical (unpaired) electrons. The number of benzene rings is 1. The summed E-state index contributed by atoms with van der Waals surface area (Å²) in [4.78, 5) is 27.7. The number of carbonyl (C=O) groups excluding carboxylic acids is 2. The van der Waals surface area contributed by atoms with Gasteiger partial charge in [0.25, 0.3) is 0 Å². The zero-order valence-electron chi connectivity index (χ0n) is 12.6. The van der Waals surface area contributed by atoms with E-state index in [9.17, 15) is 9.59 Å². The first-order valence-corrected chi connectivity index (χ1v) is 7.69. The van der Waals surface area contributed by atoms with Crippen LogP contribution in [0, 0.1) is 0 Å². The van der Waals surface area contributed by atoms with Gasteiger partial charge in [-0.25, -0.2) is 9.59 Å². The Bertz CT molecular complexity index is 592. The van der Waals surface area contributed by atoms with Crippen LogP contribution in [0.2, 0.25) is 0 Å². The van der Waals surface area contributed by atoms with Crippen molar-refractivity contribution in [3.05, 3.63) is 35.4 Å². The van der Waals surface area contributed by atoms with E-state index in [0.29, 0.717) is 13.2 Å². The van der Waals surface area contributed by atoms with Crippen molar-refractivity contribution in [2.45, 2.75) is 38.0 Å². The fraction of sp³-hybridized carbons (Fsp3) is 0.500. The standard InChI is InChI=1S/C16H18N2O4/c1-3-21-15(19)17-11-9-7-5-6-8-10(9)12-14(13(11)17)18(12)16(20)22-4-2/h5-8,11-14H,3-4H2,1-2H3/t11-,12-,13-,14-,17?,18?/m0/s1. The van der Waals surface area contributed by atoms with Gasteiger partial charge in [0.1, 0.15) is 0 Å². The fourth-order valence-corrected chi connectivity index (χ4v) is 3.79. The van der Waals surface area contributed by atoms with Crippen LogP contribution >= 0.6 is 0 Å². The van der Waals surface area contributed by atoms with Gasteiger partial charge >= 0.3 is 12.2 Å². The predicted octanol–water partition coefficient (Wildman–Crippen LogP) is 2.46. The zero-order chi connectivity index (χ0) is 15.4. The Hall–Kier alpha value is -2.24. The molecule has 0 N–H and O–H groups in total. The Morgan fingerprint density at radius 1 is 0.909 bits per heavy atom. The molecule has 1 aromatic rings. The molecule has 2 aliphatic heterocycles. The van der Waals surface area contributed by atoms with Crippen LogP contribution < -0.4 is 0 Å². The third-order valence-electron chi connectivity index (χ3n) is 4.65. The number of fused-ring (bicyclic) bond motifs is 6. The van der Waals surface area contributed by atoms with Gasteiger partial charge in [0.05, 0.1) is 37.4 Å². The molecule has 0 aromatic heterocycles. The first-order chi connectivity index (χ1) is 10.7. The molecule has 2 saturated heterocycles. The van der Waals surface area contributed by atoms with E-state index in [-0.39, 0.29) is 36.4 Å². The van der Waals surface area contributed by atoms with Gasteiger partial charge in [-0.3, -0.25) is 9.80 Å². The Labute approximate surface area is 128 Å². The third kappa shape index (κ3) is 1.66. The maximum atomic E-state index is 12.1. The van der Waals surface area contributed by atoms with Crippen LogP contribution in [0.1, 0.15) is 37.1 Å². The lowest BCUT2D eigenvalue weighted by molar-refractivity contribution is 0.126. The van der Waals surface area contributed by atoms with Gasteiger partial charge in [-0.15, -0.1) is 0 Å². The summed E-state index contributed by atoms with van der Waals surface area (Å²) in [6, 6.07) is 8.08. The van der Waals surface area contributed by atoms with Crippen LogP contribution in [0.4, 0.5) is 9.59 Å². The van der Waals surface area contributed by atoms with Crippen LogP contribution in [0.15, 0.2) is 24.3 Å². The minimum absolute atomic E-state index is 0.0170. The van der Waals surface area contributed by atoms with Crippen LogP contribution in [0.5, 0.6) is 0 Å². The van der Waals surface area contributed by atoms with E-state index in [0.717, 1.165) is 11.1 Å². The van der Waals surface area contributed by atoms with E-state index in [4.69, 9.17) is 9.47 Å². The number of hydrogen-bond acceptors (Lipinski definition) is 4. The quantitative estimate of drug-likeness (QED) is 0.787. The zero-order valence-corrected chi connectivity index (χ0v) is 12.6. The molecule has 6 heteroatoms. The van der Waals surface area contributed by atoms with Crippen molar-refractivity contribution < 1.29 is 19.1 Å². The summed E-state index contributed by atoms with van der Waals surface area (Å²) in [5.41, 5.74) is 2.24. The van der Waals surface area contributed by atoms with E-state index in [1.54, 1.807) is 23.6 Å². The average Bonchev–Trinajstić information content (AvgIpc) is 3.39. The summed E-state index contributed by atoms with van der Waals surface area (Å²) < 4.78 is 10.3. The Morgan fingerprint density at radius 3 is 1.68 bits per heavy atom. The van der Waals surface area contributed by atoms with Crippen molar-refractivity contribution in [1.29, 1.82) is 0 Å². The molecular weight excluding hydrogens is 284 g/mol. The highest BCUT2D eigenvalue weighted by Crippen LogP contribution is 2.64. The third-order valence-corrected chi connectivity index (χ3v) is 4.65. The smallest absolute Gasteiger partial charge is 0.410 e. The molecule has 22 heavy (non-hydrogen) atoms. The van der Waals surface area contributed by atoms with Gasteiger partial charge in [0, 0.05) is 0 Å². The van der Waals surface area contributed by atoms with Crippen molar-refractivity contribution in [3.8, 4) is 0 Å². The molecule has 116 valence electrons. The van der Waals surface area contributed by atoms with Gasteiger partial charge < -0.3 is 9.47 Å². The first kappa shape index (κ1) is 13.4. The summed E-state index contributed by atoms with van der Waals surface area (Å²) in [6.07, 6.45) is -0.604. The highest BCUT2D eigenvalue weighted by Gasteiger charge is 2.73. The lowest BCUT2D eigenvalue weighted by atomic mass is 9.92. The van der Waals surface area contributed by atoms with E-state index in [1.165, 1.54) is 0 Å². The van der Waals surface area contributed by atoms with Crippen molar-refractivity contribution in [1.82, 2.24) is 9.80 Å². The molecule has 3 aliphatic rings. The SMILES string of the molecule is CCOC(=O)N1[C@@H]2[C@@H]3[C@H](c4ccccc4[C@@H]21)N3C(=O)OCC. The second-order valence-corrected chi connectivity index (χ2v) is 5.71. The van der Waals surface area contributed by atoms with Crippen LogP contribution in [0.25, 0.3) is 0 Å². The van der Waals surface area contributed by atoms with Crippen LogP contribution in [-0.4, -0.2) is 47.3 Å². The molecule has 2 fully saturated rings. The fourth-order valence-electron chi connectivity index (χ4n) is 3.79. The lowest BCUT2D eigenvalue weighted by Crippen LogP contribution is -2.22. The van der Waals surface area contributed by atoms with E-state index in [1.807, 2.05) is 24.3 Å². The van der Waals surface area contributed by atoms with Gasteiger partial charge in [-0.2, -0.15) is 0 Å². The number of carbonyl (C=O) groups is 2. The summed E-state index contributed by atoms with van der Waals surface area (Å²) in [5, 5.41) is 0. The topological polar surface area (TPSA) is 58.6 Å². The minimum Gasteiger partial charge on any atom is -0.450 e. The number of nitrogens with zero attached hydrogens (tertiary/aromatic N) is 2. The maximum Gasteiger partial charge on any atom is 0.410 e.